The number of pyridine rings is 1. The zero-order valence-electron chi connectivity index (χ0n) is 12.5. The number of aryl methyl sites for hydroxylation is 1. The van der Waals surface area contributed by atoms with Crippen LogP contribution in [0.1, 0.15) is 18.6 Å². The molecule has 1 fully saturated rings. The van der Waals surface area contributed by atoms with Crippen LogP contribution in [0.2, 0.25) is 0 Å². The fourth-order valence-electron chi connectivity index (χ4n) is 2.52. The molecule has 2 aromatic rings. The van der Waals surface area contributed by atoms with Gasteiger partial charge in [-0.2, -0.15) is 0 Å². The molecule has 0 bridgehead atoms. The van der Waals surface area contributed by atoms with Gasteiger partial charge in [-0.05, 0) is 31.9 Å². The number of likely N-dealkylation sites (tertiary alicyclic amines) is 1. The summed E-state index contributed by atoms with van der Waals surface area (Å²) in [5.41, 5.74) is 1.02. The molecule has 116 valence electrons. The molecular formula is C15H19N5O2. The fourth-order valence-corrected chi connectivity index (χ4v) is 2.52. The van der Waals surface area contributed by atoms with E-state index < -0.39 is 0 Å². The van der Waals surface area contributed by atoms with Crippen molar-refractivity contribution in [2.75, 3.05) is 23.7 Å². The van der Waals surface area contributed by atoms with Gasteiger partial charge < -0.3 is 14.7 Å². The molecule has 0 spiro atoms. The van der Waals surface area contributed by atoms with Crippen LogP contribution >= 0.6 is 0 Å². The lowest BCUT2D eigenvalue weighted by Crippen LogP contribution is -2.44. The first-order valence-electron chi connectivity index (χ1n) is 7.36. The Morgan fingerprint density at radius 1 is 1.41 bits per heavy atom. The summed E-state index contributed by atoms with van der Waals surface area (Å²) in [5, 5.41) is 9.96. The fraction of sp³-hybridized carbons (Fsp3) is 0.400. The number of nitrogens with zero attached hydrogens (tertiary/aromatic N) is 3. The van der Waals surface area contributed by atoms with Crippen LogP contribution in [0.3, 0.4) is 0 Å². The number of piperidine rings is 1. The summed E-state index contributed by atoms with van der Waals surface area (Å²) >= 11 is 0. The first kappa shape index (κ1) is 14.4. The molecule has 7 nitrogen and oxygen atoms in total. The highest BCUT2D eigenvalue weighted by atomic mass is 16.5. The third-order valence-electron chi connectivity index (χ3n) is 3.68. The molecule has 7 heteroatoms. The van der Waals surface area contributed by atoms with E-state index in [9.17, 15) is 4.79 Å². The average Bonchev–Trinajstić information content (AvgIpc) is 2.94. The third-order valence-corrected chi connectivity index (χ3v) is 3.68. The van der Waals surface area contributed by atoms with Gasteiger partial charge in [0.25, 0.3) is 0 Å². The Labute approximate surface area is 128 Å². The van der Waals surface area contributed by atoms with E-state index in [0.717, 1.165) is 18.5 Å². The Morgan fingerprint density at radius 2 is 2.23 bits per heavy atom. The lowest BCUT2D eigenvalue weighted by atomic mass is 10.1. The molecule has 1 aliphatic rings. The van der Waals surface area contributed by atoms with E-state index in [1.807, 2.05) is 18.3 Å². The van der Waals surface area contributed by atoms with Crippen molar-refractivity contribution in [2.24, 2.45) is 0 Å². The second-order valence-corrected chi connectivity index (χ2v) is 5.40. The molecule has 3 heterocycles. The summed E-state index contributed by atoms with van der Waals surface area (Å²) in [6, 6.07) is 5.84. The van der Waals surface area contributed by atoms with E-state index >= 15 is 0 Å². The molecule has 1 saturated heterocycles. The number of rotatable bonds is 3. The highest BCUT2D eigenvalue weighted by Gasteiger charge is 2.23. The van der Waals surface area contributed by atoms with Crippen LogP contribution in [0, 0.1) is 6.92 Å². The van der Waals surface area contributed by atoms with Crippen LogP contribution in [0.4, 0.5) is 16.3 Å². The average molecular weight is 301 g/mol. The summed E-state index contributed by atoms with van der Waals surface area (Å²) in [4.78, 5) is 18.0. The number of aromatic nitrogens is 2. The van der Waals surface area contributed by atoms with Crippen molar-refractivity contribution < 1.29 is 9.32 Å². The standard InChI is InChI=1S/C15H19N5O2/c1-11-9-14(19-22-11)18-15(21)20-7-4-12(5-8-20)17-13-3-2-6-16-10-13/h2-3,6,9-10,12,17H,4-5,7-8H2,1H3,(H,18,19,21). The lowest BCUT2D eigenvalue weighted by Gasteiger charge is -2.32. The predicted octanol–water partition coefficient (Wildman–Crippen LogP) is 2.49. The molecule has 0 radical (unpaired) electrons. The van der Waals surface area contributed by atoms with Crippen molar-refractivity contribution >= 4 is 17.5 Å². The van der Waals surface area contributed by atoms with Crippen LogP contribution in [0.15, 0.2) is 35.1 Å². The maximum absolute atomic E-state index is 12.1. The summed E-state index contributed by atoms with van der Waals surface area (Å²) in [5.74, 6) is 1.13. The molecule has 0 saturated carbocycles. The molecule has 2 amide bonds. The van der Waals surface area contributed by atoms with Gasteiger partial charge in [0.2, 0.25) is 0 Å². The van der Waals surface area contributed by atoms with E-state index in [4.69, 9.17) is 4.52 Å². The number of hydrogen-bond acceptors (Lipinski definition) is 5. The highest BCUT2D eigenvalue weighted by molar-refractivity contribution is 5.88. The zero-order valence-corrected chi connectivity index (χ0v) is 12.5. The number of urea groups is 1. The van der Waals surface area contributed by atoms with Crippen molar-refractivity contribution in [3.05, 3.63) is 36.4 Å². The molecule has 0 unspecified atom stereocenters. The molecule has 2 aromatic heterocycles. The first-order chi connectivity index (χ1) is 10.7. The van der Waals surface area contributed by atoms with Crippen LogP contribution in [0.25, 0.3) is 0 Å². The van der Waals surface area contributed by atoms with Gasteiger partial charge in [-0.1, -0.05) is 5.16 Å². The molecule has 22 heavy (non-hydrogen) atoms. The van der Waals surface area contributed by atoms with E-state index in [-0.39, 0.29) is 6.03 Å². The van der Waals surface area contributed by atoms with Crippen LogP contribution in [0.5, 0.6) is 0 Å². The van der Waals surface area contributed by atoms with Crippen LogP contribution in [-0.4, -0.2) is 40.2 Å². The molecule has 2 N–H and O–H groups in total. The van der Waals surface area contributed by atoms with E-state index in [1.54, 1.807) is 24.1 Å². The van der Waals surface area contributed by atoms with Gasteiger partial charge in [0.05, 0.1) is 5.69 Å². The maximum Gasteiger partial charge on any atom is 0.323 e. The molecule has 3 rings (SSSR count). The number of carbonyl (C=O) groups is 1. The van der Waals surface area contributed by atoms with Crippen molar-refractivity contribution in [3.8, 4) is 0 Å². The molecule has 0 aliphatic carbocycles. The Morgan fingerprint density at radius 3 is 2.86 bits per heavy atom. The zero-order chi connectivity index (χ0) is 15.4. The first-order valence-corrected chi connectivity index (χ1v) is 7.36. The van der Waals surface area contributed by atoms with Gasteiger partial charge in [-0.25, -0.2) is 4.79 Å². The second-order valence-electron chi connectivity index (χ2n) is 5.40. The quantitative estimate of drug-likeness (QED) is 0.910. The van der Waals surface area contributed by atoms with Gasteiger partial charge in [-0.15, -0.1) is 0 Å². The van der Waals surface area contributed by atoms with Gasteiger partial charge in [0.1, 0.15) is 5.76 Å². The molecule has 1 aliphatic heterocycles. The number of hydrogen-bond donors (Lipinski definition) is 2. The minimum absolute atomic E-state index is 0.131. The highest BCUT2D eigenvalue weighted by Crippen LogP contribution is 2.17. The number of nitrogens with one attached hydrogen (secondary N) is 2. The predicted molar refractivity (Wildman–Crippen MR) is 82.7 cm³/mol. The number of amides is 2. The van der Waals surface area contributed by atoms with Gasteiger partial charge in [-0.3, -0.25) is 10.3 Å². The number of anilines is 2. The minimum Gasteiger partial charge on any atom is -0.381 e. The Balaban J connectivity index is 1.48. The maximum atomic E-state index is 12.1. The Bertz CT molecular complexity index is 620. The van der Waals surface area contributed by atoms with Crippen molar-refractivity contribution in [1.29, 1.82) is 0 Å². The van der Waals surface area contributed by atoms with Crippen molar-refractivity contribution in [2.45, 2.75) is 25.8 Å². The van der Waals surface area contributed by atoms with Crippen molar-refractivity contribution in [1.82, 2.24) is 15.0 Å². The summed E-state index contributed by atoms with van der Waals surface area (Å²) < 4.78 is 4.94. The van der Waals surface area contributed by atoms with Gasteiger partial charge >= 0.3 is 6.03 Å². The van der Waals surface area contributed by atoms with Crippen LogP contribution in [-0.2, 0) is 0 Å². The van der Waals surface area contributed by atoms with E-state index in [0.29, 0.717) is 30.7 Å². The molecule has 0 aromatic carbocycles. The van der Waals surface area contributed by atoms with E-state index in [1.165, 1.54) is 0 Å². The largest absolute Gasteiger partial charge is 0.381 e. The molecular weight excluding hydrogens is 282 g/mol. The lowest BCUT2D eigenvalue weighted by molar-refractivity contribution is 0.197. The smallest absolute Gasteiger partial charge is 0.323 e. The van der Waals surface area contributed by atoms with Crippen LogP contribution < -0.4 is 10.6 Å². The van der Waals surface area contributed by atoms with E-state index in [2.05, 4.69) is 20.8 Å². The minimum atomic E-state index is -0.131. The van der Waals surface area contributed by atoms with Gasteiger partial charge in [0.15, 0.2) is 5.82 Å². The molecule has 0 atom stereocenters. The number of carbonyl (C=O) groups excluding carboxylic acids is 1. The Kier molecular flexibility index (Phi) is 4.22. The normalized spacial score (nSPS) is 15.6. The summed E-state index contributed by atoms with van der Waals surface area (Å²) in [7, 11) is 0. The topological polar surface area (TPSA) is 83.3 Å². The second kappa shape index (κ2) is 6.46. The third kappa shape index (κ3) is 3.55. The van der Waals surface area contributed by atoms with Gasteiger partial charge in [0, 0.05) is 37.6 Å². The monoisotopic (exact) mass is 301 g/mol. The summed E-state index contributed by atoms with van der Waals surface area (Å²) in [6.45, 7) is 3.21. The van der Waals surface area contributed by atoms with Crippen molar-refractivity contribution in [3.63, 3.8) is 0 Å². The SMILES string of the molecule is Cc1cc(NC(=O)N2CCC(Nc3cccnc3)CC2)no1. The summed E-state index contributed by atoms with van der Waals surface area (Å²) in [6.07, 6.45) is 5.37. The Hall–Kier alpha value is -2.57.